The van der Waals surface area contributed by atoms with Crippen molar-refractivity contribution >= 4 is 39.3 Å². The average molecular weight is 394 g/mol. The molecule has 0 unspecified atom stereocenters. The number of hydrogen-bond acceptors (Lipinski definition) is 6. The zero-order chi connectivity index (χ0) is 16.1. The lowest BCUT2D eigenvalue weighted by atomic mass is 10.3. The molecule has 0 spiro atoms. The van der Waals surface area contributed by atoms with Gasteiger partial charge in [-0.05, 0) is 40.8 Å². The normalized spacial score (nSPS) is 10.7. The van der Waals surface area contributed by atoms with Crippen LogP contribution >= 0.6 is 27.7 Å². The van der Waals surface area contributed by atoms with Gasteiger partial charge in [-0.1, -0.05) is 33.8 Å². The zero-order valence-electron chi connectivity index (χ0n) is 11.8. The van der Waals surface area contributed by atoms with Crippen molar-refractivity contribution in [3.63, 3.8) is 0 Å². The second kappa shape index (κ2) is 7.42. The van der Waals surface area contributed by atoms with Crippen molar-refractivity contribution in [3.8, 4) is 0 Å². The van der Waals surface area contributed by atoms with E-state index in [1.54, 1.807) is 17.0 Å². The van der Waals surface area contributed by atoms with Crippen molar-refractivity contribution in [1.82, 2.24) is 20.2 Å². The summed E-state index contributed by atoms with van der Waals surface area (Å²) in [5.41, 5.74) is 0.736. The van der Waals surface area contributed by atoms with Gasteiger partial charge < -0.3 is 9.73 Å². The number of furan rings is 1. The molecule has 118 valence electrons. The van der Waals surface area contributed by atoms with Crippen LogP contribution in [0.4, 0.5) is 5.69 Å². The highest BCUT2D eigenvalue weighted by atomic mass is 79.9. The third-order valence-corrected chi connectivity index (χ3v) is 4.28. The van der Waals surface area contributed by atoms with E-state index in [2.05, 4.69) is 36.8 Å². The van der Waals surface area contributed by atoms with Crippen LogP contribution in [-0.2, 0) is 11.3 Å². The number of nitrogens with one attached hydrogen (secondary N) is 1. The molecule has 1 amide bonds. The van der Waals surface area contributed by atoms with Crippen LogP contribution in [0.2, 0.25) is 0 Å². The first-order valence-electron chi connectivity index (χ1n) is 6.67. The van der Waals surface area contributed by atoms with Crippen LogP contribution < -0.4 is 5.32 Å². The fourth-order valence-corrected chi connectivity index (χ4v) is 2.92. The fourth-order valence-electron chi connectivity index (χ4n) is 1.84. The van der Waals surface area contributed by atoms with Gasteiger partial charge in [0.2, 0.25) is 11.1 Å². The minimum absolute atomic E-state index is 0.124. The minimum Gasteiger partial charge on any atom is -0.467 e. The zero-order valence-corrected chi connectivity index (χ0v) is 14.2. The van der Waals surface area contributed by atoms with Gasteiger partial charge in [-0.3, -0.25) is 4.79 Å². The number of rotatable bonds is 6. The van der Waals surface area contributed by atoms with E-state index < -0.39 is 0 Å². The summed E-state index contributed by atoms with van der Waals surface area (Å²) in [6.07, 6.45) is 1.60. The molecule has 3 rings (SSSR count). The predicted octanol–water partition coefficient (Wildman–Crippen LogP) is 2.81. The van der Waals surface area contributed by atoms with Gasteiger partial charge in [0.15, 0.2) is 0 Å². The van der Waals surface area contributed by atoms with Gasteiger partial charge in [0.25, 0.3) is 0 Å². The molecule has 2 aromatic heterocycles. The molecule has 0 aliphatic carbocycles. The maximum Gasteiger partial charge on any atom is 0.234 e. The van der Waals surface area contributed by atoms with E-state index in [-0.39, 0.29) is 11.7 Å². The first-order chi connectivity index (χ1) is 11.2. The number of nitrogens with zero attached hydrogens (tertiary/aromatic N) is 4. The van der Waals surface area contributed by atoms with E-state index in [1.165, 1.54) is 11.8 Å². The van der Waals surface area contributed by atoms with Crippen molar-refractivity contribution in [1.29, 1.82) is 0 Å². The standard InChI is InChI=1S/C14H12BrN5O2S/c15-10-3-1-4-11(7-10)16-13(21)9-23-14-17-18-19-20(14)8-12-5-2-6-22-12/h1-7H,8-9H2,(H,16,21). The first kappa shape index (κ1) is 15.8. The van der Waals surface area contributed by atoms with Crippen LogP contribution in [0.1, 0.15) is 5.76 Å². The van der Waals surface area contributed by atoms with Crippen LogP contribution in [0.15, 0.2) is 56.7 Å². The molecule has 0 bridgehead atoms. The molecular weight excluding hydrogens is 382 g/mol. The highest BCUT2D eigenvalue weighted by Gasteiger charge is 2.11. The maximum absolute atomic E-state index is 12.0. The summed E-state index contributed by atoms with van der Waals surface area (Å²) in [7, 11) is 0. The lowest BCUT2D eigenvalue weighted by Crippen LogP contribution is -2.14. The number of thioether (sulfide) groups is 1. The largest absolute Gasteiger partial charge is 0.467 e. The van der Waals surface area contributed by atoms with Crippen LogP contribution in [0, 0.1) is 0 Å². The molecule has 9 heteroatoms. The number of anilines is 1. The SMILES string of the molecule is O=C(CSc1nnnn1Cc1ccco1)Nc1cccc(Br)c1. The van der Waals surface area contributed by atoms with Gasteiger partial charge in [-0.2, -0.15) is 0 Å². The quantitative estimate of drug-likeness (QED) is 0.648. The molecule has 2 heterocycles. The summed E-state index contributed by atoms with van der Waals surface area (Å²) in [5.74, 6) is 0.837. The molecule has 1 aromatic carbocycles. The van der Waals surface area contributed by atoms with Gasteiger partial charge in [0.05, 0.1) is 12.0 Å². The van der Waals surface area contributed by atoms with Gasteiger partial charge in [-0.25, -0.2) is 4.68 Å². The van der Waals surface area contributed by atoms with Gasteiger partial charge in [-0.15, -0.1) is 5.10 Å². The highest BCUT2D eigenvalue weighted by Crippen LogP contribution is 2.18. The molecule has 0 aliphatic heterocycles. The van der Waals surface area contributed by atoms with Gasteiger partial charge in [0, 0.05) is 10.2 Å². The Morgan fingerprint density at radius 2 is 2.26 bits per heavy atom. The molecule has 0 aliphatic rings. The Kier molecular flexibility index (Phi) is 5.09. The van der Waals surface area contributed by atoms with E-state index in [0.29, 0.717) is 11.7 Å². The number of hydrogen-bond donors (Lipinski definition) is 1. The van der Waals surface area contributed by atoms with Crippen LogP contribution in [0.5, 0.6) is 0 Å². The minimum atomic E-state index is -0.124. The Hall–Kier alpha value is -2.13. The molecule has 7 nitrogen and oxygen atoms in total. The van der Waals surface area contributed by atoms with Crippen molar-refractivity contribution in [2.75, 3.05) is 11.1 Å². The number of carbonyl (C=O) groups is 1. The van der Waals surface area contributed by atoms with E-state index in [9.17, 15) is 4.79 Å². The number of carbonyl (C=O) groups excluding carboxylic acids is 1. The third kappa shape index (κ3) is 4.42. The monoisotopic (exact) mass is 393 g/mol. The van der Waals surface area contributed by atoms with E-state index in [4.69, 9.17) is 4.42 Å². The lowest BCUT2D eigenvalue weighted by molar-refractivity contribution is -0.113. The molecule has 0 radical (unpaired) electrons. The topological polar surface area (TPSA) is 85.8 Å². The lowest BCUT2D eigenvalue weighted by Gasteiger charge is -2.05. The molecule has 0 atom stereocenters. The van der Waals surface area contributed by atoms with Crippen LogP contribution in [0.25, 0.3) is 0 Å². The molecular formula is C14H12BrN5O2S. The molecule has 0 saturated heterocycles. The van der Waals surface area contributed by atoms with Crippen molar-refractivity contribution in [2.45, 2.75) is 11.7 Å². The van der Waals surface area contributed by atoms with Crippen molar-refractivity contribution in [3.05, 3.63) is 52.9 Å². The smallest absolute Gasteiger partial charge is 0.234 e. The number of tetrazole rings is 1. The first-order valence-corrected chi connectivity index (χ1v) is 8.45. The van der Waals surface area contributed by atoms with E-state index >= 15 is 0 Å². The Labute approximate surface area is 144 Å². The Balaban J connectivity index is 1.56. The number of amides is 1. The Bertz CT molecular complexity index is 790. The number of aromatic nitrogens is 4. The van der Waals surface area contributed by atoms with E-state index in [1.807, 2.05) is 30.3 Å². The molecule has 1 N–H and O–H groups in total. The van der Waals surface area contributed by atoms with Crippen molar-refractivity contribution in [2.24, 2.45) is 0 Å². The third-order valence-electron chi connectivity index (χ3n) is 2.83. The summed E-state index contributed by atoms with van der Waals surface area (Å²) >= 11 is 4.63. The second-order valence-corrected chi connectivity index (χ2v) is 6.40. The van der Waals surface area contributed by atoms with Crippen LogP contribution in [0.3, 0.4) is 0 Å². The summed E-state index contributed by atoms with van der Waals surface area (Å²) in [6, 6.07) is 11.1. The van der Waals surface area contributed by atoms with Gasteiger partial charge in [0.1, 0.15) is 12.3 Å². The Morgan fingerprint density at radius 3 is 3.04 bits per heavy atom. The molecule has 23 heavy (non-hydrogen) atoms. The van der Waals surface area contributed by atoms with Crippen molar-refractivity contribution < 1.29 is 9.21 Å². The average Bonchev–Trinajstić information content (AvgIpc) is 3.18. The number of halogens is 1. The predicted molar refractivity (Wildman–Crippen MR) is 89.1 cm³/mol. The summed E-state index contributed by atoms with van der Waals surface area (Å²) in [5, 5.41) is 14.9. The molecule has 0 saturated carbocycles. The van der Waals surface area contributed by atoms with Crippen LogP contribution in [-0.4, -0.2) is 31.9 Å². The Morgan fingerprint density at radius 1 is 1.35 bits per heavy atom. The maximum atomic E-state index is 12.0. The fraction of sp³-hybridized carbons (Fsp3) is 0.143. The molecule has 3 aromatic rings. The summed E-state index contributed by atoms with van der Waals surface area (Å²) in [6.45, 7) is 0.426. The second-order valence-electron chi connectivity index (χ2n) is 4.55. The van der Waals surface area contributed by atoms with E-state index in [0.717, 1.165) is 15.9 Å². The summed E-state index contributed by atoms with van der Waals surface area (Å²) in [4.78, 5) is 12.0. The van der Waals surface area contributed by atoms with Gasteiger partial charge >= 0.3 is 0 Å². The molecule has 0 fully saturated rings. The number of benzene rings is 1. The highest BCUT2D eigenvalue weighted by molar-refractivity contribution is 9.10. The summed E-state index contributed by atoms with van der Waals surface area (Å²) < 4.78 is 7.77.